The number of likely N-dealkylation sites (tertiary alicyclic amines) is 1. The van der Waals surface area contributed by atoms with E-state index >= 15 is 0 Å². The fourth-order valence-corrected chi connectivity index (χ4v) is 3.40. The maximum Gasteiger partial charge on any atom is 0.228 e. The van der Waals surface area contributed by atoms with E-state index in [0.29, 0.717) is 0 Å². The predicted octanol–water partition coefficient (Wildman–Crippen LogP) is 4.50. The first-order valence-corrected chi connectivity index (χ1v) is 8.82. The van der Waals surface area contributed by atoms with Gasteiger partial charge in [0, 0.05) is 23.8 Å². The van der Waals surface area contributed by atoms with E-state index in [1.807, 2.05) is 49.4 Å². The van der Waals surface area contributed by atoms with E-state index in [2.05, 4.69) is 16.3 Å². The lowest BCUT2D eigenvalue weighted by atomic mass is 9.96. The van der Waals surface area contributed by atoms with E-state index in [0.717, 1.165) is 43.2 Å². The number of piperidine rings is 1. The van der Waals surface area contributed by atoms with Crippen LogP contribution < -0.4 is 5.32 Å². The van der Waals surface area contributed by atoms with Gasteiger partial charge in [-0.3, -0.25) is 9.69 Å². The third-order valence-corrected chi connectivity index (χ3v) is 4.73. The number of carbonyl (C=O) groups is 1. The second kappa shape index (κ2) is 7.82. The molecule has 3 rings (SSSR count). The Bertz CT molecular complexity index is 699. The van der Waals surface area contributed by atoms with Crippen molar-refractivity contribution >= 4 is 23.2 Å². The number of nitrogens with one attached hydrogen (secondary N) is 1. The van der Waals surface area contributed by atoms with Gasteiger partial charge in [0.25, 0.3) is 0 Å². The molecule has 0 aromatic heterocycles. The lowest BCUT2D eigenvalue weighted by molar-refractivity contribution is -0.121. The number of hydrogen-bond donors (Lipinski definition) is 1. The molecule has 0 aliphatic carbocycles. The van der Waals surface area contributed by atoms with Crippen LogP contribution in [0.25, 0.3) is 0 Å². The minimum atomic E-state index is 0.0410. The lowest BCUT2D eigenvalue weighted by Crippen LogP contribution is -2.40. The smallest absolute Gasteiger partial charge is 0.228 e. The summed E-state index contributed by atoms with van der Waals surface area (Å²) in [6, 6.07) is 15.9. The highest BCUT2D eigenvalue weighted by Crippen LogP contribution is 2.21. The highest BCUT2D eigenvalue weighted by atomic mass is 35.5. The summed E-state index contributed by atoms with van der Waals surface area (Å²) in [6.45, 7) is 4.71. The van der Waals surface area contributed by atoms with Crippen LogP contribution >= 0.6 is 11.6 Å². The predicted molar refractivity (Wildman–Crippen MR) is 99.3 cm³/mol. The average Bonchev–Trinajstić information content (AvgIpc) is 2.57. The summed E-state index contributed by atoms with van der Waals surface area (Å²) in [7, 11) is 0. The molecule has 2 aromatic carbocycles. The van der Waals surface area contributed by atoms with Crippen molar-refractivity contribution in [3.8, 4) is 0 Å². The summed E-state index contributed by atoms with van der Waals surface area (Å²) >= 11 is 6.06. The summed E-state index contributed by atoms with van der Waals surface area (Å²) in [5, 5.41) is 3.81. The van der Waals surface area contributed by atoms with Crippen LogP contribution in [0.4, 0.5) is 5.69 Å². The number of carbonyl (C=O) groups excluding carboxylic acids is 1. The third-order valence-electron chi connectivity index (χ3n) is 4.49. The summed E-state index contributed by atoms with van der Waals surface area (Å²) in [5.41, 5.74) is 3.26. The second-order valence-electron chi connectivity index (χ2n) is 6.56. The average molecular weight is 343 g/mol. The summed E-state index contributed by atoms with van der Waals surface area (Å²) < 4.78 is 0. The van der Waals surface area contributed by atoms with Crippen molar-refractivity contribution < 1.29 is 4.79 Å². The van der Waals surface area contributed by atoms with Crippen LogP contribution in [0.5, 0.6) is 0 Å². The van der Waals surface area contributed by atoms with Crippen molar-refractivity contribution in [2.24, 2.45) is 5.92 Å². The molecule has 3 nitrogen and oxygen atoms in total. The van der Waals surface area contributed by atoms with Crippen LogP contribution in [0.3, 0.4) is 0 Å². The molecule has 1 fully saturated rings. The Morgan fingerprint density at radius 1 is 1.25 bits per heavy atom. The number of hydrogen-bond acceptors (Lipinski definition) is 2. The largest absolute Gasteiger partial charge is 0.326 e. The van der Waals surface area contributed by atoms with Gasteiger partial charge in [-0.2, -0.15) is 0 Å². The maximum absolute atomic E-state index is 12.5. The van der Waals surface area contributed by atoms with Gasteiger partial charge in [-0.1, -0.05) is 41.4 Å². The maximum atomic E-state index is 12.5. The number of amides is 1. The minimum Gasteiger partial charge on any atom is -0.326 e. The number of aryl methyl sites for hydroxylation is 1. The number of halogens is 1. The molecule has 1 unspecified atom stereocenters. The Morgan fingerprint density at radius 2 is 2.04 bits per heavy atom. The number of nitrogens with zero attached hydrogens (tertiary/aromatic N) is 1. The number of benzene rings is 2. The molecule has 1 aliphatic rings. The highest BCUT2D eigenvalue weighted by Gasteiger charge is 2.25. The van der Waals surface area contributed by atoms with Crippen LogP contribution in [0.2, 0.25) is 5.02 Å². The molecule has 126 valence electrons. The van der Waals surface area contributed by atoms with Crippen LogP contribution in [0, 0.1) is 12.8 Å². The molecule has 4 heteroatoms. The van der Waals surface area contributed by atoms with Crippen molar-refractivity contribution in [2.45, 2.75) is 26.3 Å². The zero-order chi connectivity index (χ0) is 16.9. The van der Waals surface area contributed by atoms with Crippen molar-refractivity contribution in [3.63, 3.8) is 0 Å². The van der Waals surface area contributed by atoms with Crippen molar-refractivity contribution in [3.05, 3.63) is 64.7 Å². The van der Waals surface area contributed by atoms with E-state index in [1.54, 1.807) is 0 Å². The van der Waals surface area contributed by atoms with Gasteiger partial charge in [0.05, 0.1) is 5.92 Å². The van der Waals surface area contributed by atoms with E-state index in [-0.39, 0.29) is 11.8 Å². The fourth-order valence-electron chi connectivity index (χ4n) is 3.19. The Labute approximate surface area is 148 Å². The first-order chi connectivity index (χ1) is 11.6. The molecule has 1 saturated heterocycles. The molecule has 0 saturated carbocycles. The molecule has 2 aromatic rings. The van der Waals surface area contributed by atoms with Crippen LogP contribution in [0.15, 0.2) is 48.5 Å². The van der Waals surface area contributed by atoms with Gasteiger partial charge < -0.3 is 5.32 Å². The quantitative estimate of drug-likeness (QED) is 0.887. The summed E-state index contributed by atoms with van der Waals surface area (Å²) in [6.07, 6.45) is 2.00. The van der Waals surface area contributed by atoms with Crippen molar-refractivity contribution in [1.29, 1.82) is 0 Å². The van der Waals surface area contributed by atoms with Gasteiger partial charge in [-0.25, -0.2) is 0 Å². The molecular formula is C20H23ClN2O. The molecule has 0 spiro atoms. The first kappa shape index (κ1) is 17.0. The number of rotatable bonds is 4. The molecule has 24 heavy (non-hydrogen) atoms. The SMILES string of the molecule is Cc1ccc(NC(=O)C2CCCN(Cc3cccc(Cl)c3)C2)cc1. The van der Waals surface area contributed by atoms with Gasteiger partial charge in [0.15, 0.2) is 0 Å². The lowest BCUT2D eigenvalue weighted by Gasteiger charge is -2.32. The van der Waals surface area contributed by atoms with Gasteiger partial charge >= 0.3 is 0 Å². The second-order valence-corrected chi connectivity index (χ2v) is 7.00. The van der Waals surface area contributed by atoms with E-state index < -0.39 is 0 Å². The summed E-state index contributed by atoms with van der Waals surface area (Å²) in [5.74, 6) is 0.161. The van der Waals surface area contributed by atoms with E-state index in [1.165, 1.54) is 11.1 Å². The third kappa shape index (κ3) is 4.59. The molecule has 0 radical (unpaired) electrons. The van der Waals surface area contributed by atoms with Gasteiger partial charge in [-0.05, 0) is 56.1 Å². The van der Waals surface area contributed by atoms with Crippen molar-refractivity contribution in [2.75, 3.05) is 18.4 Å². The summed E-state index contributed by atoms with van der Waals surface area (Å²) in [4.78, 5) is 14.9. The Morgan fingerprint density at radius 3 is 2.79 bits per heavy atom. The molecule has 1 aliphatic heterocycles. The molecule has 1 N–H and O–H groups in total. The normalized spacial score (nSPS) is 18.3. The highest BCUT2D eigenvalue weighted by molar-refractivity contribution is 6.30. The minimum absolute atomic E-state index is 0.0410. The fraction of sp³-hybridized carbons (Fsp3) is 0.350. The van der Waals surface area contributed by atoms with E-state index in [9.17, 15) is 4.79 Å². The van der Waals surface area contributed by atoms with Gasteiger partial charge in [0.2, 0.25) is 5.91 Å². The number of anilines is 1. The zero-order valence-corrected chi connectivity index (χ0v) is 14.7. The molecule has 1 amide bonds. The van der Waals surface area contributed by atoms with Crippen LogP contribution in [-0.2, 0) is 11.3 Å². The van der Waals surface area contributed by atoms with Crippen LogP contribution in [-0.4, -0.2) is 23.9 Å². The standard InChI is InChI=1S/C20H23ClN2O/c1-15-7-9-19(10-8-15)22-20(24)17-5-3-11-23(14-17)13-16-4-2-6-18(21)12-16/h2,4,6-10,12,17H,3,5,11,13-14H2,1H3,(H,22,24). The zero-order valence-electron chi connectivity index (χ0n) is 14.0. The van der Waals surface area contributed by atoms with Gasteiger partial charge in [0.1, 0.15) is 0 Å². The molecule has 1 atom stereocenters. The van der Waals surface area contributed by atoms with Crippen molar-refractivity contribution in [1.82, 2.24) is 4.90 Å². The topological polar surface area (TPSA) is 32.3 Å². The van der Waals surface area contributed by atoms with E-state index in [4.69, 9.17) is 11.6 Å². The molecule has 0 bridgehead atoms. The Hall–Kier alpha value is -1.84. The monoisotopic (exact) mass is 342 g/mol. The Balaban J connectivity index is 1.58. The van der Waals surface area contributed by atoms with Crippen LogP contribution in [0.1, 0.15) is 24.0 Å². The molecule has 1 heterocycles. The Kier molecular flexibility index (Phi) is 5.54. The molecular weight excluding hydrogens is 320 g/mol. The first-order valence-electron chi connectivity index (χ1n) is 8.44. The van der Waals surface area contributed by atoms with Gasteiger partial charge in [-0.15, -0.1) is 0 Å².